The summed E-state index contributed by atoms with van der Waals surface area (Å²) in [6.45, 7) is 0. The van der Waals surface area contributed by atoms with Crippen LogP contribution in [0.15, 0.2) is 62.7 Å². The molecular formula is C14H9N3O4. The molecule has 104 valence electrons. The number of nitro benzene ring substituents is 1. The fourth-order valence-corrected chi connectivity index (χ4v) is 1.69. The van der Waals surface area contributed by atoms with Gasteiger partial charge in [0.1, 0.15) is 0 Å². The number of benzene rings is 1. The van der Waals surface area contributed by atoms with Crippen LogP contribution in [0.4, 0.5) is 11.6 Å². The van der Waals surface area contributed by atoms with Gasteiger partial charge < -0.3 is 8.94 Å². The molecule has 0 spiro atoms. The zero-order valence-electron chi connectivity index (χ0n) is 10.7. The minimum absolute atomic E-state index is 0.0342. The number of aromatic nitrogens is 1. The van der Waals surface area contributed by atoms with Crippen LogP contribution >= 0.6 is 0 Å². The van der Waals surface area contributed by atoms with Crippen LogP contribution in [-0.4, -0.2) is 16.3 Å². The minimum atomic E-state index is -0.451. The molecule has 7 nitrogen and oxygen atoms in total. The highest BCUT2D eigenvalue weighted by Crippen LogP contribution is 2.23. The van der Waals surface area contributed by atoms with Crippen LogP contribution in [-0.2, 0) is 0 Å². The molecule has 0 atom stereocenters. The zero-order chi connectivity index (χ0) is 14.7. The van der Waals surface area contributed by atoms with Crippen molar-refractivity contribution in [2.75, 3.05) is 0 Å². The summed E-state index contributed by atoms with van der Waals surface area (Å²) in [5.74, 6) is 0.912. The number of non-ortho nitro benzene ring substituents is 1. The van der Waals surface area contributed by atoms with Gasteiger partial charge >= 0.3 is 0 Å². The van der Waals surface area contributed by atoms with Crippen molar-refractivity contribution in [1.29, 1.82) is 0 Å². The summed E-state index contributed by atoms with van der Waals surface area (Å²) in [5.41, 5.74) is 1.30. The Kier molecular flexibility index (Phi) is 3.30. The summed E-state index contributed by atoms with van der Waals surface area (Å²) in [5, 5.41) is 14.4. The molecule has 0 saturated heterocycles. The predicted molar refractivity (Wildman–Crippen MR) is 74.6 cm³/mol. The summed E-state index contributed by atoms with van der Waals surface area (Å²) in [4.78, 5) is 14.2. The summed E-state index contributed by atoms with van der Waals surface area (Å²) in [6.07, 6.45) is 3.08. The lowest BCUT2D eigenvalue weighted by Crippen LogP contribution is -1.88. The number of nitro groups is 1. The lowest BCUT2D eigenvalue weighted by molar-refractivity contribution is -0.384. The van der Waals surface area contributed by atoms with E-state index in [9.17, 15) is 10.1 Å². The van der Waals surface area contributed by atoms with Crippen LogP contribution in [0.5, 0.6) is 0 Å². The molecule has 7 heteroatoms. The van der Waals surface area contributed by atoms with Crippen molar-refractivity contribution >= 4 is 17.8 Å². The van der Waals surface area contributed by atoms with Crippen LogP contribution in [0.2, 0.25) is 0 Å². The van der Waals surface area contributed by atoms with Gasteiger partial charge in [-0.05, 0) is 29.8 Å². The lowest BCUT2D eigenvalue weighted by Gasteiger charge is -1.92. The SMILES string of the molecule is O=[N+]([O-])c1ccc(/C=N\c2cc(-c3ccco3)no2)cc1. The molecular weight excluding hydrogens is 274 g/mol. The van der Waals surface area contributed by atoms with Gasteiger partial charge in [-0.2, -0.15) is 0 Å². The molecule has 0 aliphatic rings. The first-order chi connectivity index (χ1) is 10.2. The van der Waals surface area contributed by atoms with Gasteiger partial charge in [-0.25, -0.2) is 4.99 Å². The largest absolute Gasteiger partial charge is 0.463 e. The molecule has 0 aliphatic heterocycles. The van der Waals surface area contributed by atoms with Crippen molar-refractivity contribution in [2.24, 2.45) is 4.99 Å². The van der Waals surface area contributed by atoms with E-state index in [-0.39, 0.29) is 5.69 Å². The number of hydrogen-bond donors (Lipinski definition) is 0. The van der Waals surface area contributed by atoms with E-state index in [2.05, 4.69) is 10.1 Å². The highest BCUT2D eigenvalue weighted by molar-refractivity contribution is 5.81. The van der Waals surface area contributed by atoms with E-state index in [0.29, 0.717) is 17.3 Å². The molecule has 3 rings (SSSR count). The normalized spacial score (nSPS) is 11.0. The molecule has 21 heavy (non-hydrogen) atoms. The van der Waals surface area contributed by atoms with Crippen molar-refractivity contribution in [3.05, 3.63) is 64.4 Å². The molecule has 0 N–H and O–H groups in total. The molecule has 0 fully saturated rings. The van der Waals surface area contributed by atoms with E-state index in [4.69, 9.17) is 8.94 Å². The van der Waals surface area contributed by atoms with Crippen LogP contribution < -0.4 is 0 Å². The second kappa shape index (κ2) is 5.41. The summed E-state index contributed by atoms with van der Waals surface area (Å²) >= 11 is 0. The van der Waals surface area contributed by atoms with Gasteiger partial charge in [0.15, 0.2) is 11.5 Å². The van der Waals surface area contributed by atoms with Crippen LogP contribution in [0.25, 0.3) is 11.5 Å². The maximum Gasteiger partial charge on any atom is 0.269 e. The smallest absolute Gasteiger partial charge is 0.269 e. The fraction of sp³-hybridized carbons (Fsp3) is 0. The Morgan fingerprint density at radius 3 is 2.71 bits per heavy atom. The third-order valence-electron chi connectivity index (χ3n) is 2.72. The van der Waals surface area contributed by atoms with Gasteiger partial charge in [-0.15, -0.1) is 0 Å². The Morgan fingerprint density at radius 2 is 2.05 bits per heavy atom. The maximum atomic E-state index is 10.5. The van der Waals surface area contributed by atoms with E-state index in [1.54, 1.807) is 36.6 Å². The molecule has 2 heterocycles. The highest BCUT2D eigenvalue weighted by Gasteiger charge is 2.07. The predicted octanol–water partition coefficient (Wildman–Crippen LogP) is 3.59. The van der Waals surface area contributed by atoms with Crippen LogP contribution in [0.1, 0.15) is 5.56 Å². The molecule has 0 unspecified atom stereocenters. The third-order valence-corrected chi connectivity index (χ3v) is 2.72. The van der Waals surface area contributed by atoms with E-state index in [1.165, 1.54) is 18.3 Å². The van der Waals surface area contributed by atoms with Crippen molar-refractivity contribution in [2.45, 2.75) is 0 Å². The monoisotopic (exact) mass is 283 g/mol. The molecule has 0 radical (unpaired) electrons. The van der Waals surface area contributed by atoms with Crippen molar-refractivity contribution in [1.82, 2.24) is 5.16 Å². The topological polar surface area (TPSA) is 94.7 Å². The van der Waals surface area contributed by atoms with E-state index in [0.717, 1.165) is 5.56 Å². The summed E-state index contributed by atoms with van der Waals surface area (Å²) in [6, 6.07) is 11.2. The van der Waals surface area contributed by atoms with Crippen molar-refractivity contribution in [3.8, 4) is 11.5 Å². The quantitative estimate of drug-likeness (QED) is 0.414. The van der Waals surface area contributed by atoms with Gasteiger partial charge in [-0.1, -0.05) is 5.16 Å². The number of rotatable bonds is 4. The number of nitrogens with zero attached hydrogens (tertiary/aromatic N) is 3. The first-order valence-corrected chi connectivity index (χ1v) is 6.01. The van der Waals surface area contributed by atoms with Gasteiger partial charge in [0.2, 0.25) is 0 Å². The van der Waals surface area contributed by atoms with Gasteiger partial charge in [0.25, 0.3) is 11.6 Å². The Morgan fingerprint density at radius 1 is 1.24 bits per heavy atom. The Balaban J connectivity index is 1.75. The molecule has 0 amide bonds. The average molecular weight is 283 g/mol. The summed E-state index contributed by atoms with van der Waals surface area (Å²) < 4.78 is 10.2. The number of furan rings is 1. The van der Waals surface area contributed by atoms with Gasteiger partial charge in [0.05, 0.1) is 11.2 Å². The maximum absolute atomic E-state index is 10.5. The minimum Gasteiger partial charge on any atom is -0.463 e. The second-order valence-electron chi connectivity index (χ2n) is 4.13. The number of hydrogen-bond acceptors (Lipinski definition) is 6. The first-order valence-electron chi connectivity index (χ1n) is 6.01. The second-order valence-corrected chi connectivity index (χ2v) is 4.13. The number of aliphatic imine (C=N–C) groups is 1. The molecule has 2 aromatic heterocycles. The molecule has 0 saturated carbocycles. The Bertz CT molecular complexity index is 773. The highest BCUT2D eigenvalue weighted by atomic mass is 16.6. The Labute approximate surface area is 118 Å². The molecule has 0 aliphatic carbocycles. The van der Waals surface area contributed by atoms with Gasteiger partial charge in [-0.3, -0.25) is 10.1 Å². The Hall–Kier alpha value is -3.22. The van der Waals surface area contributed by atoms with Crippen molar-refractivity contribution < 1.29 is 13.9 Å². The molecule has 3 aromatic rings. The summed E-state index contributed by atoms with van der Waals surface area (Å²) in [7, 11) is 0. The average Bonchev–Trinajstić information content (AvgIpc) is 3.16. The van der Waals surface area contributed by atoms with E-state index < -0.39 is 4.92 Å². The molecule has 1 aromatic carbocycles. The van der Waals surface area contributed by atoms with Crippen LogP contribution in [0.3, 0.4) is 0 Å². The standard InChI is InChI=1S/C14H9N3O4/c18-17(19)11-5-3-10(4-6-11)9-15-14-8-12(16-21-14)13-2-1-7-20-13/h1-9H/b15-9-. The third kappa shape index (κ3) is 2.86. The zero-order valence-corrected chi connectivity index (χ0v) is 10.7. The fourth-order valence-electron chi connectivity index (χ4n) is 1.69. The first kappa shape index (κ1) is 12.8. The lowest BCUT2D eigenvalue weighted by atomic mass is 10.2. The van der Waals surface area contributed by atoms with E-state index in [1.807, 2.05) is 0 Å². The van der Waals surface area contributed by atoms with Gasteiger partial charge in [0, 0.05) is 24.4 Å². The molecule has 0 bridgehead atoms. The van der Waals surface area contributed by atoms with Crippen molar-refractivity contribution in [3.63, 3.8) is 0 Å². The van der Waals surface area contributed by atoms with Crippen LogP contribution in [0, 0.1) is 10.1 Å². The van der Waals surface area contributed by atoms with E-state index >= 15 is 0 Å².